The number of carbonyl (C=O) groups excluding carboxylic acids is 1. The molecule has 2 N–H and O–H groups in total. The highest BCUT2D eigenvalue weighted by Gasteiger charge is 2.27. The fourth-order valence-electron chi connectivity index (χ4n) is 2.50. The van der Waals surface area contributed by atoms with Crippen LogP contribution in [-0.2, 0) is 7.05 Å². The summed E-state index contributed by atoms with van der Waals surface area (Å²) < 4.78 is 1.66. The summed E-state index contributed by atoms with van der Waals surface area (Å²) in [5.74, 6) is 0.0652. The molecule has 2 rings (SSSR count). The Balaban J connectivity index is 2.12. The van der Waals surface area contributed by atoms with E-state index in [0.29, 0.717) is 24.7 Å². The lowest BCUT2D eigenvalue weighted by Crippen LogP contribution is -2.41. The average molecular weight is 236 g/mol. The van der Waals surface area contributed by atoms with Gasteiger partial charge in [0.05, 0.1) is 11.8 Å². The van der Waals surface area contributed by atoms with Crippen LogP contribution in [0, 0.1) is 0 Å². The largest absolute Gasteiger partial charge is 0.334 e. The SMILES string of the molecule is Cn1cc(C(=O)N(CCN)C2CCCC2)cn1. The lowest BCUT2D eigenvalue weighted by molar-refractivity contribution is 0.0688. The van der Waals surface area contributed by atoms with Gasteiger partial charge in [-0.25, -0.2) is 0 Å². The Kier molecular flexibility index (Phi) is 3.78. The molecule has 1 saturated carbocycles. The van der Waals surface area contributed by atoms with E-state index in [4.69, 9.17) is 5.73 Å². The number of rotatable bonds is 4. The first-order valence-corrected chi connectivity index (χ1v) is 6.22. The molecule has 1 amide bonds. The minimum atomic E-state index is 0.0652. The van der Waals surface area contributed by atoms with Crippen LogP contribution in [-0.4, -0.2) is 39.7 Å². The minimum absolute atomic E-state index is 0.0652. The Hall–Kier alpha value is -1.36. The van der Waals surface area contributed by atoms with Crippen LogP contribution in [0.5, 0.6) is 0 Å². The maximum absolute atomic E-state index is 12.4. The molecule has 1 heterocycles. The molecule has 5 nitrogen and oxygen atoms in total. The van der Waals surface area contributed by atoms with E-state index in [1.54, 1.807) is 17.1 Å². The van der Waals surface area contributed by atoms with Gasteiger partial charge < -0.3 is 10.6 Å². The summed E-state index contributed by atoms with van der Waals surface area (Å²) >= 11 is 0. The van der Waals surface area contributed by atoms with Crippen LogP contribution in [0.4, 0.5) is 0 Å². The van der Waals surface area contributed by atoms with Gasteiger partial charge >= 0.3 is 0 Å². The summed E-state index contributed by atoms with van der Waals surface area (Å²) in [5, 5.41) is 4.04. The molecule has 17 heavy (non-hydrogen) atoms. The second-order valence-corrected chi connectivity index (χ2v) is 4.63. The van der Waals surface area contributed by atoms with Gasteiger partial charge in [0.1, 0.15) is 0 Å². The van der Waals surface area contributed by atoms with Crippen molar-refractivity contribution in [3.8, 4) is 0 Å². The molecule has 0 bridgehead atoms. The predicted octanol–water partition coefficient (Wildman–Crippen LogP) is 0.764. The van der Waals surface area contributed by atoms with Crippen LogP contribution in [0.1, 0.15) is 36.0 Å². The van der Waals surface area contributed by atoms with Crippen LogP contribution in [0.2, 0.25) is 0 Å². The van der Waals surface area contributed by atoms with Gasteiger partial charge in [-0.2, -0.15) is 5.10 Å². The second kappa shape index (κ2) is 5.31. The lowest BCUT2D eigenvalue weighted by atomic mass is 10.2. The maximum atomic E-state index is 12.4. The molecule has 1 aromatic heterocycles. The molecule has 1 aliphatic rings. The summed E-state index contributed by atoms with van der Waals surface area (Å²) in [6.07, 6.45) is 8.03. The van der Waals surface area contributed by atoms with E-state index < -0.39 is 0 Å². The Labute approximate surface area is 102 Å². The monoisotopic (exact) mass is 236 g/mol. The molecule has 0 atom stereocenters. The van der Waals surface area contributed by atoms with Gasteiger partial charge in [0.2, 0.25) is 0 Å². The fraction of sp³-hybridized carbons (Fsp3) is 0.667. The van der Waals surface area contributed by atoms with Crippen LogP contribution in [0.15, 0.2) is 12.4 Å². The molecule has 0 saturated heterocycles. The van der Waals surface area contributed by atoms with Crippen molar-refractivity contribution in [3.63, 3.8) is 0 Å². The van der Waals surface area contributed by atoms with E-state index in [1.807, 2.05) is 11.9 Å². The van der Waals surface area contributed by atoms with E-state index in [0.717, 1.165) is 12.8 Å². The first-order chi connectivity index (χ1) is 8.22. The lowest BCUT2D eigenvalue weighted by Gasteiger charge is -2.28. The summed E-state index contributed by atoms with van der Waals surface area (Å²) in [5.41, 5.74) is 6.26. The first kappa shape index (κ1) is 12.1. The number of nitrogens with zero attached hydrogens (tertiary/aromatic N) is 3. The van der Waals surface area contributed by atoms with Gasteiger partial charge in [0.25, 0.3) is 5.91 Å². The molecule has 1 aliphatic carbocycles. The molecular weight excluding hydrogens is 216 g/mol. The molecule has 0 radical (unpaired) electrons. The molecule has 0 unspecified atom stereocenters. The van der Waals surface area contributed by atoms with Crippen molar-refractivity contribution in [1.82, 2.24) is 14.7 Å². The zero-order valence-electron chi connectivity index (χ0n) is 10.3. The van der Waals surface area contributed by atoms with Gasteiger partial charge in [0.15, 0.2) is 0 Å². The van der Waals surface area contributed by atoms with Crippen molar-refractivity contribution >= 4 is 5.91 Å². The van der Waals surface area contributed by atoms with Gasteiger partial charge in [-0.05, 0) is 12.8 Å². The van der Waals surface area contributed by atoms with Crippen molar-refractivity contribution in [2.75, 3.05) is 13.1 Å². The maximum Gasteiger partial charge on any atom is 0.257 e. The van der Waals surface area contributed by atoms with Gasteiger partial charge in [0, 0.05) is 32.4 Å². The molecular formula is C12H20N4O. The summed E-state index contributed by atoms with van der Waals surface area (Å²) in [4.78, 5) is 14.3. The van der Waals surface area contributed by atoms with Crippen molar-refractivity contribution in [1.29, 1.82) is 0 Å². The Morgan fingerprint density at radius 2 is 2.29 bits per heavy atom. The molecule has 1 aromatic rings. The first-order valence-electron chi connectivity index (χ1n) is 6.22. The Morgan fingerprint density at radius 1 is 1.59 bits per heavy atom. The molecule has 0 aliphatic heterocycles. The normalized spacial score (nSPS) is 16.4. The second-order valence-electron chi connectivity index (χ2n) is 4.63. The summed E-state index contributed by atoms with van der Waals surface area (Å²) in [6, 6.07) is 0.367. The fourth-order valence-corrected chi connectivity index (χ4v) is 2.50. The third-order valence-electron chi connectivity index (χ3n) is 3.35. The predicted molar refractivity (Wildman–Crippen MR) is 65.6 cm³/mol. The van der Waals surface area contributed by atoms with Crippen molar-refractivity contribution in [2.45, 2.75) is 31.7 Å². The molecule has 94 valence electrons. The smallest absolute Gasteiger partial charge is 0.257 e. The third-order valence-corrected chi connectivity index (χ3v) is 3.35. The Morgan fingerprint density at radius 3 is 2.82 bits per heavy atom. The molecule has 1 fully saturated rings. The van der Waals surface area contributed by atoms with Crippen LogP contribution in [0.25, 0.3) is 0 Å². The van der Waals surface area contributed by atoms with Crippen molar-refractivity contribution in [3.05, 3.63) is 18.0 Å². The number of carbonyl (C=O) groups is 1. The number of aromatic nitrogens is 2. The van der Waals surface area contributed by atoms with Gasteiger partial charge in [-0.3, -0.25) is 9.48 Å². The standard InChI is InChI=1S/C12H20N4O/c1-15-9-10(8-14-15)12(17)16(7-6-13)11-4-2-3-5-11/h8-9,11H,2-7,13H2,1H3. The molecule has 5 heteroatoms. The number of amides is 1. The number of hydrogen-bond acceptors (Lipinski definition) is 3. The number of hydrogen-bond donors (Lipinski definition) is 1. The van der Waals surface area contributed by atoms with Crippen LogP contribution < -0.4 is 5.73 Å². The van der Waals surface area contributed by atoms with Gasteiger partial charge in [-0.1, -0.05) is 12.8 Å². The van der Waals surface area contributed by atoms with E-state index in [9.17, 15) is 4.79 Å². The minimum Gasteiger partial charge on any atom is -0.334 e. The third kappa shape index (κ3) is 2.66. The van der Waals surface area contributed by atoms with E-state index in [1.165, 1.54) is 12.8 Å². The number of aryl methyl sites for hydroxylation is 1. The van der Waals surface area contributed by atoms with Crippen LogP contribution >= 0.6 is 0 Å². The van der Waals surface area contributed by atoms with E-state index >= 15 is 0 Å². The highest BCUT2D eigenvalue weighted by molar-refractivity contribution is 5.94. The van der Waals surface area contributed by atoms with Crippen molar-refractivity contribution < 1.29 is 4.79 Å². The average Bonchev–Trinajstić information content (AvgIpc) is 2.95. The topological polar surface area (TPSA) is 64.2 Å². The zero-order valence-corrected chi connectivity index (χ0v) is 10.3. The van der Waals surface area contributed by atoms with Crippen molar-refractivity contribution in [2.24, 2.45) is 12.8 Å². The summed E-state index contributed by atoms with van der Waals surface area (Å²) in [6.45, 7) is 1.15. The summed E-state index contributed by atoms with van der Waals surface area (Å²) in [7, 11) is 1.82. The highest BCUT2D eigenvalue weighted by atomic mass is 16.2. The Bertz CT molecular complexity index is 382. The van der Waals surface area contributed by atoms with E-state index in [2.05, 4.69) is 5.10 Å². The van der Waals surface area contributed by atoms with Gasteiger partial charge in [-0.15, -0.1) is 0 Å². The zero-order chi connectivity index (χ0) is 12.3. The molecule has 0 aromatic carbocycles. The quantitative estimate of drug-likeness (QED) is 0.839. The number of nitrogens with two attached hydrogens (primary N) is 1. The van der Waals surface area contributed by atoms with E-state index in [-0.39, 0.29) is 5.91 Å². The highest BCUT2D eigenvalue weighted by Crippen LogP contribution is 2.24. The molecule has 0 spiro atoms. The van der Waals surface area contributed by atoms with Crippen LogP contribution in [0.3, 0.4) is 0 Å².